The van der Waals surface area contributed by atoms with E-state index < -0.39 is 11.7 Å². The van der Waals surface area contributed by atoms with Gasteiger partial charge in [0.25, 0.3) is 5.91 Å². The van der Waals surface area contributed by atoms with E-state index in [-0.39, 0.29) is 19.1 Å². The second-order valence-corrected chi connectivity index (χ2v) is 5.60. The van der Waals surface area contributed by atoms with Gasteiger partial charge in [0.1, 0.15) is 0 Å². The Balaban J connectivity index is 1.54. The number of carbonyl (C=O) groups excluding carboxylic acids is 1. The first-order valence-electron chi connectivity index (χ1n) is 6.92. The van der Waals surface area contributed by atoms with Gasteiger partial charge in [-0.15, -0.1) is 0 Å². The van der Waals surface area contributed by atoms with Gasteiger partial charge < -0.3 is 14.2 Å². The molecule has 6 nitrogen and oxygen atoms in total. The van der Waals surface area contributed by atoms with Gasteiger partial charge in [-0.3, -0.25) is 4.79 Å². The minimum absolute atomic E-state index is 0.0105. The molecule has 2 aromatic rings. The number of fused-ring (bicyclic) bond motifs is 1. The molecule has 1 aliphatic heterocycles. The van der Waals surface area contributed by atoms with Crippen molar-refractivity contribution in [3.63, 3.8) is 0 Å². The number of hydrogen-bond donors (Lipinski definition) is 1. The smallest absolute Gasteiger partial charge is 0.277 e. The Bertz CT molecular complexity index is 798. The first-order chi connectivity index (χ1) is 11.6. The first kappa shape index (κ1) is 16.3. The Hall–Kier alpha value is -2.61. The summed E-state index contributed by atoms with van der Waals surface area (Å²) in [5.74, 6) is 0.208. The van der Waals surface area contributed by atoms with Crippen molar-refractivity contribution in [2.45, 2.75) is 0 Å². The van der Waals surface area contributed by atoms with Gasteiger partial charge in [-0.25, -0.2) is 9.82 Å². The molecule has 0 bridgehead atoms. The fourth-order valence-electron chi connectivity index (χ4n) is 1.98. The molecular weight excluding hydrogens is 383 g/mol. The van der Waals surface area contributed by atoms with Gasteiger partial charge >= 0.3 is 0 Å². The van der Waals surface area contributed by atoms with Crippen molar-refractivity contribution in [2.75, 3.05) is 13.4 Å². The van der Waals surface area contributed by atoms with Crippen LogP contribution in [0, 0.1) is 5.82 Å². The van der Waals surface area contributed by atoms with Crippen LogP contribution in [-0.4, -0.2) is 25.5 Å². The average molecular weight is 395 g/mol. The maximum Gasteiger partial charge on any atom is 0.277 e. The molecular formula is C16H12BrFN2O4. The Morgan fingerprint density at radius 3 is 3.04 bits per heavy atom. The van der Waals surface area contributed by atoms with Crippen molar-refractivity contribution in [3.05, 3.63) is 52.3 Å². The molecule has 24 heavy (non-hydrogen) atoms. The third-order valence-electron chi connectivity index (χ3n) is 3.05. The molecule has 2 aromatic carbocycles. The highest BCUT2D eigenvalue weighted by atomic mass is 79.9. The van der Waals surface area contributed by atoms with Crippen molar-refractivity contribution >= 4 is 28.1 Å². The molecule has 0 aliphatic carbocycles. The van der Waals surface area contributed by atoms with Crippen LogP contribution in [0.4, 0.5) is 4.39 Å². The van der Waals surface area contributed by atoms with Crippen molar-refractivity contribution in [3.8, 4) is 17.2 Å². The van der Waals surface area contributed by atoms with Gasteiger partial charge in [-0.1, -0.05) is 12.1 Å². The van der Waals surface area contributed by atoms with Crippen LogP contribution in [0.15, 0.2) is 46.0 Å². The maximum absolute atomic E-state index is 13.3. The van der Waals surface area contributed by atoms with Crippen LogP contribution in [0.5, 0.6) is 17.2 Å². The summed E-state index contributed by atoms with van der Waals surface area (Å²) >= 11 is 3.37. The molecule has 0 atom stereocenters. The van der Waals surface area contributed by atoms with E-state index in [1.165, 1.54) is 24.4 Å². The molecule has 0 unspecified atom stereocenters. The number of halogens is 2. The number of para-hydroxylation sites is 1. The van der Waals surface area contributed by atoms with Crippen LogP contribution in [0.1, 0.15) is 5.56 Å². The van der Waals surface area contributed by atoms with Crippen LogP contribution < -0.4 is 19.6 Å². The van der Waals surface area contributed by atoms with Crippen molar-refractivity contribution < 1.29 is 23.4 Å². The van der Waals surface area contributed by atoms with Gasteiger partial charge in [0.05, 0.1) is 10.7 Å². The SMILES string of the molecule is O=C(COc1ccccc1F)N/N=C\c1cc(Br)c2c(c1)OCO2. The lowest BCUT2D eigenvalue weighted by atomic mass is 10.2. The summed E-state index contributed by atoms with van der Waals surface area (Å²) in [5, 5.41) is 3.83. The zero-order chi connectivity index (χ0) is 16.9. The topological polar surface area (TPSA) is 69.2 Å². The van der Waals surface area contributed by atoms with E-state index >= 15 is 0 Å². The molecule has 0 saturated carbocycles. The normalized spacial score (nSPS) is 12.4. The zero-order valence-electron chi connectivity index (χ0n) is 12.3. The second-order valence-electron chi connectivity index (χ2n) is 4.75. The van der Waals surface area contributed by atoms with Crippen molar-refractivity contribution in [2.24, 2.45) is 5.10 Å². The van der Waals surface area contributed by atoms with Gasteiger partial charge in [-0.2, -0.15) is 5.10 Å². The van der Waals surface area contributed by atoms with Gasteiger partial charge in [0.15, 0.2) is 29.7 Å². The first-order valence-corrected chi connectivity index (χ1v) is 7.71. The Morgan fingerprint density at radius 1 is 1.38 bits per heavy atom. The van der Waals surface area contributed by atoms with E-state index in [1.54, 1.807) is 18.2 Å². The van der Waals surface area contributed by atoms with Crippen LogP contribution >= 0.6 is 15.9 Å². The molecule has 3 rings (SSSR count). The molecule has 0 spiro atoms. The summed E-state index contributed by atoms with van der Waals surface area (Å²) in [5.41, 5.74) is 3.01. The Morgan fingerprint density at radius 2 is 2.21 bits per heavy atom. The molecule has 0 radical (unpaired) electrons. The van der Waals surface area contributed by atoms with Crippen LogP contribution in [-0.2, 0) is 4.79 Å². The molecule has 1 heterocycles. The number of nitrogens with one attached hydrogen (secondary N) is 1. The lowest BCUT2D eigenvalue weighted by Crippen LogP contribution is -2.24. The summed E-state index contributed by atoms with van der Waals surface area (Å²) in [6, 6.07) is 9.36. The predicted molar refractivity (Wildman–Crippen MR) is 87.9 cm³/mol. The molecule has 1 N–H and O–H groups in total. The predicted octanol–water partition coefficient (Wildman–Crippen LogP) is 2.85. The van der Waals surface area contributed by atoms with Gasteiger partial charge in [0.2, 0.25) is 6.79 Å². The molecule has 8 heteroatoms. The number of ether oxygens (including phenoxy) is 3. The highest BCUT2D eigenvalue weighted by molar-refractivity contribution is 9.10. The number of carbonyl (C=O) groups is 1. The highest BCUT2D eigenvalue weighted by Gasteiger charge is 2.17. The number of hydrogen-bond acceptors (Lipinski definition) is 5. The molecule has 124 valence electrons. The number of nitrogens with zero attached hydrogens (tertiary/aromatic N) is 1. The third-order valence-corrected chi connectivity index (χ3v) is 3.64. The van der Waals surface area contributed by atoms with E-state index in [0.717, 1.165) is 4.47 Å². The molecule has 0 saturated heterocycles. The Kier molecular flexibility index (Phi) is 4.95. The molecule has 0 fully saturated rings. The summed E-state index contributed by atoms with van der Waals surface area (Å²) in [7, 11) is 0. The van der Waals surface area contributed by atoms with E-state index in [1.807, 2.05) is 0 Å². The lowest BCUT2D eigenvalue weighted by molar-refractivity contribution is -0.123. The zero-order valence-corrected chi connectivity index (χ0v) is 13.9. The fraction of sp³-hybridized carbons (Fsp3) is 0.125. The summed E-state index contributed by atoms with van der Waals surface area (Å²) in [6.07, 6.45) is 1.45. The third kappa shape index (κ3) is 3.83. The largest absolute Gasteiger partial charge is 0.481 e. The highest BCUT2D eigenvalue weighted by Crippen LogP contribution is 2.39. The fourth-order valence-corrected chi connectivity index (χ4v) is 2.55. The van der Waals surface area contributed by atoms with Gasteiger partial charge in [0, 0.05) is 0 Å². The van der Waals surface area contributed by atoms with Crippen LogP contribution in [0.25, 0.3) is 0 Å². The standard InChI is InChI=1S/C16H12BrFN2O4/c17-11-5-10(6-14-16(11)24-9-23-14)7-19-20-15(21)8-22-13-4-2-1-3-12(13)18/h1-7H,8-9H2,(H,20,21)/b19-7-. The molecule has 1 aliphatic rings. The summed E-state index contributed by atoms with van der Waals surface area (Å²) in [4.78, 5) is 11.6. The van der Waals surface area contributed by atoms with E-state index in [9.17, 15) is 9.18 Å². The number of rotatable bonds is 5. The average Bonchev–Trinajstić information content (AvgIpc) is 3.03. The monoisotopic (exact) mass is 394 g/mol. The minimum Gasteiger partial charge on any atom is -0.481 e. The van der Waals surface area contributed by atoms with Gasteiger partial charge in [-0.05, 0) is 45.8 Å². The quantitative estimate of drug-likeness (QED) is 0.625. The number of benzene rings is 2. The van der Waals surface area contributed by atoms with Crippen molar-refractivity contribution in [1.82, 2.24) is 5.43 Å². The number of amides is 1. The maximum atomic E-state index is 13.3. The summed E-state index contributed by atoms with van der Waals surface area (Å²) < 4.78 is 29.7. The van der Waals surface area contributed by atoms with Crippen molar-refractivity contribution in [1.29, 1.82) is 0 Å². The Labute approximate surface area is 145 Å². The van der Waals surface area contributed by atoms with Crippen LogP contribution in [0.3, 0.4) is 0 Å². The van der Waals surface area contributed by atoms with E-state index in [0.29, 0.717) is 17.1 Å². The minimum atomic E-state index is -0.529. The number of hydrazone groups is 1. The second kappa shape index (κ2) is 7.31. The summed E-state index contributed by atoms with van der Waals surface area (Å²) in [6.45, 7) is -0.179. The molecule has 1 amide bonds. The van der Waals surface area contributed by atoms with Crippen LogP contribution in [0.2, 0.25) is 0 Å². The lowest BCUT2D eigenvalue weighted by Gasteiger charge is -2.05. The van der Waals surface area contributed by atoms with E-state index in [2.05, 4.69) is 26.5 Å². The van der Waals surface area contributed by atoms with E-state index in [4.69, 9.17) is 14.2 Å². The molecule has 0 aromatic heterocycles.